The highest BCUT2D eigenvalue weighted by atomic mass is 32.2. The van der Waals surface area contributed by atoms with Crippen LogP contribution in [0.2, 0.25) is 0 Å². The van der Waals surface area contributed by atoms with Crippen molar-refractivity contribution in [2.45, 2.75) is 9.79 Å². The summed E-state index contributed by atoms with van der Waals surface area (Å²) in [5, 5.41) is 9.75. The Bertz CT molecular complexity index is 1580. The summed E-state index contributed by atoms with van der Waals surface area (Å²) in [6, 6.07) is 23.9. The second kappa shape index (κ2) is 9.74. The Morgan fingerprint density at radius 3 is 2.00 bits per heavy atom. The highest BCUT2D eigenvalue weighted by molar-refractivity contribution is 7.92. The summed E-state index contributed by atoms with van der Waals surface area (Å²) in [5.41, 5.74) is 0.564. The van der Waals surface area contributed by atoms with Crippen molar-refractivity contribution in [1.29, 1.82) is 0 Å². The van der Waals surface area contributed by atoms with E-state index in [4.69, 9.17) is 9.88 Å². The number of hydrogen-bond acceptors (Lipinski definition) is 6. The predicted octanol–water partition coefficient (Wildman–Crippen LogP) is 3.31. The van der Waals surface area contributed by atoms with Crippen LogP contribution >= 0.6 is 0 Å². The smallest absolute Gasteiger partial charge is 0.262 e. The van der Waals surface area contributed by atoms with Gasteiger partial charge in [-0.2, -0.15) is 0 Å². The van der Waals surface area contributed by atoms with Crippen molar-refractivity contribution in [3.8, 4) is 5.75 Å². The third kappa shape index (κ3) is 6.15. The molecule has 0 bridgehead atoms. The fourth-order valence-corrected chi connectivity index (χ4v) is 4.82. The molecule has 4 aromatic rings. The Morgan fingerprint density at radius 1 is 0.743 bits per heavy atom. The van der Waals surface area contributed by atoms with Crippen molar-refractivity contribution in [3.05, 3.63) is 91.0 Å². The van der Waals surface area contributed by atoms with Crippen LogP contribution in [-0.2, 0) is 24.8 Å². The van der Waals surface area contributed by atoms with E-state index >= 15 is 0 Å². The largest absolute Gasteiger partial charge is 0.484 e. The molecule has 0 aromatic heterocycles. The lowest BCUT2D eigenvalue weighted by atomic mass is 10.1. The molecule has 0 fully saturated rings. The molecule has 1 amide bonds. The number of hydrogen-bond donors (Lipinski definition) is 3. The number of ether oxygens (including phenoxy) is 1. The summed E-state index contributed by atoms with van der Waals surface area (Å²) in [4.78, 5) is 12.1. The van der Waals surface area contributed by atoms with Gasteiger partial charge in [-0.3, -0.25) is 9.52 Å². The summed E-state index contributed by atoms with van der Waals surface area (Å²) >= 11 is 0. The molecule has 11 heteroatoms. The quantitative estimate of drug-likeness (QED) is 0.331. The highest BCUT2D eigenvalue weighted by Gasteiger charge is 2.15. The molecule has 4 rings (SSSR count). The van der Waals surface area contributed by atoms with E-state index in [2.05, 4.69) is 10.0 Å². The minimum absolute atomic E-state index is 0.0431. The van der Waals surface area contributed by atoms with Crippen LogP contribution in [0, 0.1) is 0 Å². The SMILES string of the molecule is NS(=O)(=O)c1ccc(NS(=O)(=O)c2ccc(NC(=O)COc3ccc4ccccc4c3)cc2)cc1. The molecule has 4 aromatic carbocycles. The van der Waals surface area contributed by atoms with E-state index in [9.17, 15) is 21.6 Å². The molecule has 35 heavy (non-hydrogen) atoms. The average Bonchev–Trinajstić information content (AvgIpc) is 2.82. The average molecular weight is 512 g/mol. The monoisotopic (exact) mass is 511 g/mol. The van der Waals surface area contributed by atoms with Crippen molar-refractivity contribution >= 4 is 48.1 Å². The Balaban J connectivity index is 1.35. The van der Waals surface area contributed by atoms with Crippen LogP contribution in [0.5, 0.6) is 5.75 Å². The van der Waals surface area contributed by atoms with Gasteiger partial charge in [0.1, 0.15) is 5.75 Å². The lowest BCUT2D eigenvalue weighted by molar-refractivity contribution is -0.118. The molecule has 0 unspecified atom stereocenters. The first kappa shape index (κ1) is 24.2. The molecule has 180 valence electrons. The molecule has 0 saturated heterocycles. The molecule has 0 aliphatic rings. The third-order valence-electron chi connectivity index (χ3n) is 4.97. The first-order chi connectivity index (χ1) is 16.6. The number of primary sulfonamides is 1. The number of fused-ring (bicyclic) bond motifs is 1. The van der Waals surface area contributed by atoms with Gasteiger partial charge in [0.15, 0.2) is 6.61 Å². The maximum absolute atomic E-state index is 12.6. The molecule has 0 atom stereocenters. The fourth-order valence-electron chi connectivity index (χ4n) is 3.25. The zero-order chi connectivity index (χ0) is 25.1. The molecule has 0 radical (unpaired) electrons. The van der Waals surface area contributed by atoms with Crippen LogP contribution in [0.15, 0.2) is 101 Å². The number of sulfonamides is 2. The van der Waals surface area contributed by atoms with E-state index in [0.717, 1.165) is 10.8 Å². The van der Waals surface area contributed by atoms with Crippen molar-refractivity contribution in [2.75, 3.05) is 16.6 Å². The lowest BCUT2D eigenvalue weighted by Crippen LogP contribution is -2.20. The van der Waals surface area contributed by atoms with E-state index < -0.39 is 26.0 Å². The van der Waals surface area contributed by atoms with Gasteiger partial charge in [0.25, 0.3) is 15.9 Å². The van der Waals surface area contributed by atoms with E-state index in [1.54, 1.807) is 6.07 Å². The Labute approximate surface area is 202 Å². The van der Waals surface area contributed by atoms with Crippen molar-refractivity contribution in [1.82, 2.24) is 0 Å². The lowest BCUT2D eigenvalue weighted by Gasteiger charge is -2.11. The number of nitrogens with one attached hydrogen (secondary N) is 2. The fraction of sp³-hybridized carbons (Fsp3) is 0.0417. The summed E-state index contributed by atoms with van der Waals surface area (Å²) in [5.74, 6) is 0.158. The number of carbonyl (C=O) groups is 1. The van der Waals surface area contributed by atoms with Crippen LogP contribution in [0.25, 0.3) is 10.8 Å². The standard InChI is InChI=1S/C24H21N3O6S2/c25-34(29,30)22-11-8-20(9-12-22)27-35(31,32)23-13-6-19(7-14-23)26-24(28)16-33-21-10-5-17-3-1-2-4-18(17)15-21/h1-15,27H,16H2,(H,26,28)(H2,25,29,30). The number of carbonyl (C=O) groups excluding carboxylic acids is 1. The number of nitrogens with two attached hydrogens (primary N) is 1. The van der Waals surface area contributed by atoms with E-state index in [1.165, 1.54) is 48.5 Å². The molecule has 9 nitrogen and oxygen atoms in total. The van der Waals surface area contributed by atoms with Gasteiger partial charge in [0, 0.05) is 11.4 Å². The zero-order valence-corrected chi connectivity index (χ0v) is 19.8. The first-order valence-corrected chi connectivity index (χ1v) is 13.3. The summed E-state index contributed by atoms with van der Waals surface area (Å²) in [6.45, 7) is -0.214. The summed E-state index contributed by atoms with van der Waals surface area (Å²) in [6.07, 6.45) is 0. The van der Waals surface area contributed by atoms with Gasteiger partial charge < -0.3 is 10.1 Å². The zero-order valence-electron chi connectivity index (χ0n) is 18.2. The number of anilines is 2. The minimum Gasteiger partial charge on any atom is -0.484 e. The van der Waals surface area contributed by atoms with Gasteiger partial charge in [-0.25, -0.2) is 22.0 Å². The molecule has 0 aliphatic heterocycles. The second-order valence-electron chi connectivity index (χ2n) is 7.55. The maximum atomic E-state index is 12.6. The molecular weight excluding hydrogens is 490 g/mol. The number of benzene rings is 4. The van der Waals surface area contributed by atoms with E-state index in [0.29, 0.717) is 11.4 Å². The van der Waals surface area contributed by atoms with Crippen LogP contribution in [0.3, 0.4) is 0 Å². The van der Waals surface area contributed by atoms with E-state index in [1.807, 2.05) is 36.4 Å². The normalized spacial score (nSPS) is 11.7. The third-order valence-corrected chi connectivity index (χ3v) is 7.30. The Kier molecular flexibility index (Phi) is 6.74. The maximum Gasteiger partial charge on any atom is 0.262 e. The van der Waals surface area contributed by atoms with Gasteiger partial charge in [-0.1, -0.05) is 30.3 Å². The Hall–Kier alpha value is -3.93. The van der Waals surface area contributed by atoms with Gasteiger partial charge in [-0.05, 0) is 71.4 Å². The van der Waals surface area contributed by atoms with Crippen LogP contribution < -0.4 is 19.9 Å². The summed E-state index contributed by atoms with van der Waals surface area (Å²) in [7, 11) is -7.82. The number of amides is 1. The molecule has 0 saturated carbocycles. The molecule has 0 heterocycles. The van der Waals surface area contributed by atoms with Gasteiger partial charge in [0.05, 0.1) is 9.79 Å². The van der Waals surface area contributed by atoms with E-state index in [-0.39, 0.29) is 22.1 Å². The van der Waals surface area contributed by atoms with Crippen molar-refractivity contribution in [3.63, 3.8) is 0 Å². The first-order valence-electron chi connectivity index (χ1n) is 10.3. The topological polar surface area (TPSA) is 145 Å². The van der Waals surface area contributed by atoms with Gasteiger partial charge in [-0.15, -0.1) is 0 Å². The van der Waals surface area contributed by atoms with Crippen molar-refractivity contribution in [2.24, 2.45) is 5.14 Å². The Morgan fingerprint density at radius 2 is 1.34 bits per heavy atom. The summed E-state index contributed by atoms with van der Waals surface area (Å²) < 4.78 is 55.8. The molecule has 0 spiro atoms. The van der Waals surface area contributed by atoms with Gasteiger partial charge >= 0.3 is 0 Å². The van der Waals surface area contributed by atoms with Crippen LogP contribution in [0.4, 0.5) is 11.4 Å². The molecular formula is C24H21N3O6S2. The van der Waals surface area contributed by atoms with Crippen LogP contribution in [0.1, 0.15) is 0 Å². The second-order valence-corrected chi connectivity index (χ2v) is 10.8. The van der Waals surface area contributed by atoms with Crippen molar-refractivity contribution < 1.29 is 26.4 Å². The predicted molar refractivity (Wildman–Crippen MR) is 133 cm³/mol. The van der Waals surface area contributed by atoms with Crippen LogP contribution in [-0.4, -0.2) is 29.3 Å². The molecule has 0 aliphatic carbocycles. The minimum atomic E-state index is -3.94. The number of rotatable bonds is 8. The molecule has 4 N–H and O–H groups in total. The highest BCUT2D eigenvalue weighted by Crippen LogP contribution is 2.21. The van der Waals surface area contributed by atoms with Gasteiger partial charge in [0.2, 0.25) is 10.0 Å².